The number of sulfonamides is 1. The molecule has 0 aliphatic carbocycles. The van der Waals surface area contributed by atoms with Crippen LogP contribution in [0.5, 0.6) is 0 Å². The lowest BCUT2D eigenvalue weighted by molar-refractivity contribution is -0.139. The molecular formula is C20H29N3O6S2. The van der Waals surface area contributed by atoms with Crippen LogP contribution < -0.4 is 10.0 Å². The minimum absolute atomic E-state index is 0.105. The van der Waals surface area contributed by atoms with E-state index in [9.17, 15) is 22.8 Å². The average molecular weight is 472 g/mol. The van der Waals surface area contributed by atoms with Crippen LogP contribution in [-0.4, -0.2) is 73.9 Å². The van der Waals surface area contributed by atoms with Gasteiger partial charge in [-0.05, 0) is 50.3 Å². The van der Waals surface area contributed by atoms with Crippen LogP contribution in [0.25, 0.3) is 0 Å². The quantitative estimate of drug-likeness (QED) is 0.460. The van der Waals surface area contributed by atoms with E-state index in [0.717, 1.165) is 5.56 Å². The van der Waals surface area contributed by atoms with Crippen molar-refractivity contribution in [3.63, 3.8) is 0 Å². The number of aliphatic carboxylic acids is 1. The summed E-state index contributed by atoms with van der Waals surface area (Å²) in [6.07, 6.45) is 3.04. The van der Waals surface area contributed by atoms with Gasteiger partial charge in [0, 0.05) is 19.0 Å². The van der Waals surface area contributed by atoms with E-state index >= 15 is 0 Å². The molecule has 0 saturated carbocycles. The van der Waals surface area contributed by atoms with E-state index in [1.807, 2.05) is 13.2 Å². The highest BCUT2D eigenvalue weighted by molar-refractivity contribution is 7.98. The number of carboxylic acids is 1. The lowest BCUT2D eigenvalue weighted by atomic mass is 9.95. The predicted molar refractivity (Wildman–Crippen MR) is 118 cm³/mol. The molecule has 9 nitrogen and oxygen atoms in total. The molecule has 0 radical (unpaired) electrons. The van der Waals surface area contributed by atoms with Gasteiger partial charge in [0.2, 0.25) is 21.8 Å². The van der Waals surface area contributed by atoms with Crippen LogP contribution in [0, 0.1) is 12.8 Å². The first-order valence-electron chi connectivity index (χ1n) is 10.00. The van der Waals surface area contributed by atoms with Gasteiger partial charge < -0.3 is 15.3 Å². The van der Waals surface area contributed by atoms with Gasteiger partial charge in [-0.25, -0.2) is 8.42 Å². The highest BCUT2D eigenvalue weighted by Crippen LogP contribution is 2.20. The van der Waals surface area contributed by atoms with E-state index in [2.05, 4.69) is 10.0 Å². The van der Waals surface area contributed by atoms with Crippen molar-refractivity contribution in [3.05, 3.63) is 29.8 Å². The Morgan fingerprint density at radius 2 is 1.81 bits per heavy atom. The number of benzene rings is 1. The zero-order chi connectivity index (χ0) is 23.0. The third kappa shape index (κ3) is 7.51. The Bertz CT molecular complexity index is 881. The van der Waals surface area contributed by atoms with Gasteiger partial charge in [-0.3, -0.25) is 14.4 Å². The second-order valence-electron chi connectivity index (χ2n) is 7.48. The molecule has 1 aliphatic rings. The fourth-order valence-corrected chi connectivity index (χ4v) is 5.03. The highest BCUT2D eigenvalue weighted by Gasteiger charge is 2.33. The Labute approximate surface area is 187 Å². The summed E-state index contributed by atoms with van der Waals surface area (Å²) in [4.78, 5) is 37.4. The number of carbonyl (C=O) groups excluding carboxylic acids is 2. The van der Waals surface area contributed by atoms with E-state index in [1.165, 1.54) is 23.9 Å². The third-order valence-corrected chi connectivity index (χ3v) is 7.26. The number of nitrogens with one attached hydrogen (secondary N) is 2. The molecule has 1 atom stereocenters. The molecule has 1 aliphatic heterocycles. The predicted octanol–water partition coefficient (Wildman–Crippen LogP) is 0.834. The number of nitrogens with zero attached hydrogens (tertiary/aromatic N) is 1. The first-order chi connectivity index (χ1) is 14.6. The Morgan fingerprint density at radius 3 is 2.35 bits per heavy atom. The van der Waals surface area contributed by atoms with Gasteiger partial charge in [0.15, 0.2) is 0 Å². The Hall–Kier alpha value is -2.11. The number of carbonyl (C=O) groups is 3. The molecule has 3 N–H and O–H groups in total. The van der Waals surface area contributed by atoms with Gasteiger partial charge in [0.25, 0.3) is 0 Å². The van der Waals surface area contributed by atoms with Crippen molar-refractivity contribution in [2.24, 2.45) is 5.92 Å². The normalized spacial score (nSPS) is 16.0. The van der Waals surface area contributed by atoms with Crippen molar-refractivity contribution in [3.8, 4) is 0 Å². The van der Waals surface area contributed by atoms with Gasteiger partial charge >= 0.3 is 5.97 Å². The molecule has 1 aromatic rings. The Morgan fingerprint density at radius 1 is 1.19 bits per heavy atom. The molecule has 11 heteroatoms. The fourth-order valence-electron chi connectivity index (χ4n) is 3.33. The molecule has 2 amide bonds. The zero-order valence-electron chi connectivity index (χ0n) is 17.7. The van der Waals surface area contributed by atoms with Crippen LogP contribution in [-0.2, 0) is 24.4 Å². The summed E-state index contributed by atoms with van der Waals surface area (Å²) in [6.45, 7) is 2.05. The van der Waals surface area contributed by atoms with Crippen molar-refractivity contribution in [1.82, 2.24) is 14.9 Å². The van der Waals surface area contributed by atoms with E-state index in [1.54, 1.807) is 17.0 Å². The SMILES string of the molecule is CSCC[C@H](NS(=O)(=O)c1ccc(C)cc1)C(=O)N1CCC(C(=O)NCC(=O)O)CC1. The minimum Gasteiger partial charge on any atom is -0.480 e. The van der Waals surface area contributed by atoms with Crippen LogP contribution in [0.1, 0.15) is 24.8 Å². The lowest BCUT2D eigenvalue weighted by Gasteiger charge is -2.33. The molecule has 0 unspecified atom stereocenters. The van der Waals surface area contributed by atoms with Crippen molar-refractivity contribution < 1.29 is 27.9 Å². The average Bonchev–Trinajstić information content (AvgIpc) is 2.74. The topological polar surface area (TPSA) is 133 Å². The molecule has 1 fully saturated rings. The standard InChI is InChI=1S/C20H29N3O6S2/c1-14-3-5-16(6-4-14)31(28,29)22-17(9-12-30-2)20(27)23-10-7-15(8-11-23)19(26)21-13-18(24)25/h3-6,15,17,22H,7-13H2,1-2H3,(H,21,26)(H,24,25)/t17-/m0/s1. The zero-order valence-corrected chi connectivity index (χ0v) is 19.3. The molecule has 0 spiro atoms. The van der Waals surface area contributed by atoms with Crippen LogP contribution in [0.15, 0.2) is 29.2 Å². The molecule has 1 heterocycles. The maximum Gasteiger partial charge on any atom is 0.322 e. The largest absolute Gasteiger partial charge is 0.480 e. The summed E-state index contributed by atoms with van der Waals surface area (Å²) >= 11 is 1.52. The summed E-state index contributed by atoms with van der Waals surface area (Å²) in [6, 6.07) is 5.53. The molecular weight excluding hydrogens is 442 g/mol. The minimum atomic E-state index is -3.86. The summed E-state index contributed by atoms with van der Waals surface area (Å²) < 4.78 is 28.1. The van der Waals surface area contributed by atoms with E-state index in [0.29, 0.717) is 38.1 Å². The molecule has 0 aromatic heterocycles. The number of hydrogen-bond acceptors (Lipinski definition) is 6. The molecule has 172 valence electrons. The number of aryl methyl sites for hydroxylation is 1. The number of rotatable bonds is 10. The maximum atomic E-state index is 13.1. The van der Waals surface area contributed by atoms with E-state index in [-0.39, 0.29) is 22.6 Å². The molecule has 0 bridgehead atoms. The van der Waals surface area contributed by atoms with Gasteiger partial charge in [-0.1, -0.05) is 17.7 Å². The number of piperidine rings is 1. The van der Waals surface area contributed by atoms with Crippen LogP contribution in [0.3, 0.4) is 0 Å². The second-order valence-corrected chi connectivity index (χ2v) is 10.2. The van der Waals surface area contributed by atoms with E-state index in [4.69, 9.17) is 5.11 Å². The molecule has 2 rings (SSSR count). The van der Waals surface area contributed by atoms with Gasteiger partial charge in [0.1, 0.15) is 12.6 Å². The van der Waals surface area contributed by atoms with Crippen LogP contribution >= 0.6 is 11.8 Å². The molecule has 1 saturated heterocycles. The number of likely N-dealkylation sites (tertiary alicyclic amines) is 1. The summed E-state index contributed by atoms with van der Waals surface area (Å²) in [5.41, 5.74) is 0.934. The summed E-state index contributed by atoms with van der Waals surface area (Å²) in [5.74, 6) is -1.51. The molecule has 31 heavy (non-hydrogen) atoms. The van der Waals surface area contributed by atoms with Crippen LogP contribution in [0.2, 0.25) is 0 Å². The van der Waals surface area contributed by atoms with Crippen molar-refractivity contribution >= 4 is 39.6 Å². The van der Waals surface area contributed by atoms with Crippen molar-refractivity contribution in [2.45, 2.75) is 37.1 Å². The third-order valence-electron chi connectivity index (χ3n) is 5.13. The second kappa shape index (κ2) is 11.5. The Balaban J connectivity index is 2.02. The van der Waals surface area contributed by atoms with E-state index < -0.39 is 28.6 Å². The summed E-state index contributed by atoms with van der Waals surface area (Å²) in [7, 11) is -3.86. The number of amides is 2. The number of carboxylic acid groups (broad SMARTS) is 1. The van der Waals surface area contributed by atoms with Gasteiger partial charge in [-0.15, -0.1) is 0 Å². The van der Waals surface area contributed by atoms with Crippen LogP contribution in [0.4, 0.5) is 0 Å². The maximum absolute atomic E-state index is 13.1. The summed E-state index contributed by atoms with van der Waals surface area (Å²) in [5, 5.41) is 11.0. The lowest BCUT2D eigenvalue weighted by Crippen LogP contribution is -2.52. The smallest absolute Gasteiger partial charge is 0.322 e. The monoisotopic (exact) mass is 471 g/mol. The van der Waals surface area contributed by atoms with Crippen molar-refractivity contribution in [2.75, 3.05) is 31.6 Å². The fraction of sp³-hybridized carbons (Fsp3) is 0.550. The van der Waals surface area contributed by atoms with Crippen molar-refractivity contribution in [1.29, 1.82) is 0 Å². The Kier molecular flexibility index (Phi) is 9.32. The van der Waals surface area contributed by atoms with Gasteiger partial charge in [0.05, 0.1) is 4.90 Å². The van der Waals surface area contributed by atoms with Gasteiger partial charge in [-0.2, -0.15) is 16.5 Å². The number of hydrogen-bond donors (Lipinski definition) is 3. The highest BCUT2D eigenvalue weighted by atomic mass is 32.2. The first kappa shape index (κ1) is 25.2. The number of thioether (sulfide) groups is 1. The molecule has 1 aromatic carbocycles. The first-order valence-corrected chi connectivity index (χ1v) is 12.9.